The van der Waals surface area contributed by atoms with Gasteiger partial charge in [-0.1, -0.05) is 38.1 Å². The molecule has 0 radical (unpaired) electrons. The number of hydrogen-bond donors (Lipinski definition) is 1. The highest BCUT2D eigenvalue weighted by Crippen LogP contribution is 2.45. The van der Waals surface area contributed by atoms with Crippen molar-refractivity contribution in [1.82, 2.24) is 0 Å². The molecule has 3 nitrogen and oxygen atoms in total. The van der Waals surface area contributed by atoms with E-state index in [1.54, 1.807) is 6.07 Å². The van der Waals surface area contributed by atoms with Crippen molar-refractivity contribution in [2.75, 3.05) is 0 Å². The molecule has 2 atom stereocenters. The first-order chi connectivity index (χ1) is 11.3. The largest absolute Gasteiger partial charge is 0.393 e. The minimum atomic E-state index is -0.305. The summed E-state index contributed by atoms with van der Waals surface area (Å²) in [5.41, 5.74) is 3.06. The molecule has 0 amide bonds. The molecule has 1 aromatic rings. The average molecular weight is 324 g/mol. The Morgan fingerprint density at radius 2 is 1.83 bits per heavy atom. The lowest BCUT2D eigenvalue weighted by molar-refractivity contribution is -0.00881. The molecule has 0 saturated heterocycles. The Balaban J connectivity index is 1.78. The van der Waals surface area contributed by atoms with Crippen LogP contribution >= 0.6 is 0 Å². The first-order valence-corrected chi connectivity index (χ1v) is 8.56. The first-order valence-electron chi connectivity index (χ1n) is 8.56. The maximum absolute atomic E-state index is 12.0. The van der Waals surface area contributed by atoms with Crippen LogP contribution in [0.4, 0.5) is 0 Å². The van der Waals surface area contributed by atoms with Crippen molar-refractivity contribution in [3.05, 3.63) is 59.2 Å². The summed E-state index contributed by atoms with van der Waals surface area (Å²) in [6.07, 6.45) is 5.72. The number of carbonyl (C=O) groups excluding carboxylic acids is 2. The van der Waals surface area contributed by atoms with Crippen LogP contribution in [-0.2, 0) is 6.42 Å². The van der Waals surface area contributed by atoms with Crippen LogP contribution in [0.1, 0.15) is 59.4 Å². The van der Waals surface area contributed by atoms with Gasteiger partial charge in [0, 0.05) is 11.1 Å². The van der Waals surface area contributed by atoms with Crippen LogP contribution in [0.3, 0.4) is 0 Å². The van der Waals surface area contributed by atoms with Gasteiger partial charge in [-0.15, -0.1) is 0 Å². The molecule has 1 saturated carbocycles. The van der Waals surface area contributed by atoms with Gasteiger partial charge in [0.1, 0.15) is 0 Å². The highest BCUT2D eigenvalue weighted by Gasteiger charge is 2.40. The minimum Gasteiger partial charge on any atom is -0.393 e. The van der Waals surface area contributed by atoms with Crippen molar-refractivity contribution in [2.24, 2.45) is 11.3 Å². The van der Waals surface area contributed by atoms with E-state index >= 15 is 0 Å². The molecule has 1 fully saturated rings. The van der Waals surface area contributed by atoms with Gasteiger partial charge in [0.15, 0.2) is 11.6 Å². The molecule has 0 heterocycles. The predicted octanol–water partition coefficient (Wildman–Crippen LogP) is 3.91. The van der Waals surface area contributed by atoms with Crippen LogP contribution in [0.2, 0.25) is 0 Å². The number of aliphatic hydroxyl groups is 1. The Morgan fingerprint density at radius 1 is 1.17 bits per heavy atom. The third kappa shape index (κ3) is 2.89. The van der Waals surface area contributed by atoms with Crippen molar-refractivity contribution in [3.63, 3.8) is 0 Å². The first kappa shape index (κ1) is 16.8. The highest BCUT2D eigenvalue weighted by molar-refractivity contribution is 6.22. The van der Waals surface area contributed by atoms with Gasteiger partial charge in [0.25, 0.3) is 0 Å². The van der Waals surface area contributed by atoms with Crippen LogP contribution < -0.4 is 0 Å². The maximum atomic E-state index is 12.0. The molecular weight excluding hydrogens is 300 g/mol. The predicted molar refractivity (Wildman–Crippen MR) is 94.2 cm³/mol. The van der Waals surface area contributed by atoms with Gasteiger partial charge in [0.2, 0.25) is 0 Å². The SMILES string of the molecule is C=C1CCC(O)C(C)(C)C1CCc1ccc2c(c1)C(=O)C=CC2=O. The molecule has 0 spiro atoms. The Morgan fingerprint density at radius 3 is 2.54 bits per heavy atom. The summed E-state index contributed by atoms with van der Waals surface area (Å²) in [6.45, 7) is 8.42. The minimum absolute atomic E-state index is 0.107. The fraction of sp³-hybridized carbons (Fsp3) is 0.429. The number of hydrogen-bond acceptors (Lipinski definition) is 3. The Labute approximate surface area is 143 Å². The van der Waals surface area contributed by atoms with Crippen LogP contribution in [0.15, 0.2) is 42.5 Å². The normalized spacial score (nSPS) is 25.7. The van der Waals surface area contributed by atoms with Gasteiger partial charge >= 0.3 is 0 Å². The van der Waals surface area contributed by atoms with Crippen molar-refractivity contribution >= 4 is 11.6 Å². The summed E-state index contributed by atoms with van der Waals surface area (Å²) < 4.78 is 0. The van der Waals surface area contributed by atoms with E-state index in [2.05, 4.69) is 20.4 Å². The van der Waals surface area contributed by atoms with Crippen LogP contribution in [0.5, 0.6) is 0 Å². The van der Waals surface area contributed by atoms with Crippen molar-refractivity contribution in [2.45, 2.75) is 45.6 Å². The van der Waals surface area contributed by atoms with Crippen LogP contribution in [0.25, 0.3) is 0 Å². The fourth-order valence-electron chi connectivity index (χ4n) is 4.01. The number of benzene rings is 1. The average Bonchev–Trinajstić information content (AvgIpc) is 2.55. The van der Waals surface area contributed by atoms with E-state index in [-0.39, 0.29) is 29.0 Å². The molecule has 3 heteroatoms. The van der Waals surface area contributed by atoms with Crippen molar-refractivity contribution < 1.29 is 14.7 Å². The lowest BCUT2D eigenvalue weighted by atomic mass is 9.63. The Hall–Kier alpha value is -2.00. The molecule has 24 heavy (non-hydrogen) atoms. The number of aliphatic hydroxyl groups excluding tert-OH is 1. The van der Waals surface area contributed by atoms with Gasteiger partial charge in [-0.25, -0.2) is 0 Å². The standard InChI is InChI=1S/C21H24O3/c1-13-4-11-20(24)21(2,3)17(13)8-6-14-5-7-15-16(12-14)19(23)10-9-18(15)22/h5,7,9-10,12,17,20,24H,1,4,6,8,11H2,2-3H3. The Bertz CT molecular complexity index is 739. The Kier molecular flexibility index (Phi) is 4.31. The van der Waals surface area contributed by atoms with Crippen molar-refractivity contribution in [1.29, 1.82) is 0 Å². The van der Waals surface area contributed by atoms with E-state index in [0.717, 1.165) is 31.2 Å². The van der Waals surface area contributed by atoms with E-state index < -0.39 is 0 Å². The molecular formula is C21H24O3. The van der Waals surface area contributed by atoms with E-state index in [1.165, 1.54) is 17.7 Å². The van der Waals surface area contributed by atoms with Gasteiger partial charge in [-0.3, -0.25) is 9.59 Å². The number of fused-ring (bicyclic) bond motifs is 1. The number of allylic oxidation sites excluding steroid dienone is 3. The smallest absolute Gasteiger partial charge is 0.186 e. The molecule has 2 aliphatic carbocycles. The van der Waals surface area contributed by atoms with E-state index in [1.807, 2.05) is 12.1 Å². The van der Waals surface area contributed by atoms with Crippen molar-refractivity contribution in [3.8, 4) is 0 Å². The zero-order chi connectivity index (χ0) is 17.5. The summed E-state index contributed by atoms with van der Waals surface area (Å²) in [5.74, 6) is 0.0415. The number of aryl methyl sites for hydroxylation is 1. The number of ketones is 2. The summed E-state index contributed by atoms with van der Waals surface area (Å²) in [6, 6.07) is 5.52. The lowest BCUT2D eigenvalue weighted by Crippen LogP contribution is -2.41. The molecule has 2 unspecified atom stereocenters. The van der Waals surface area contributed by atoms with E-state index in [9.17, 15) is 14.7 Å². The molecule has 3 rings (SSSR count). The molecule has 2 aliphatic rings. The summed E-state index contributed by atoms with van der Waals surface area (Å²) in [4.78, 5) is 23.8. The van der Waals surface area contributed by atoms with E-state index in [4.69, 9.17) is 0 Å². The van der Waals surface area contributed by atoms with Gasteiger partial charge in [-0.05, 0) is 60.8 Å². The highest BCUT2D eigenvalue weighted by atomic mass is 16.3. The summed E-state index contributed by atoms with van der Waals surface area (Å²) in [7, 11) is 0. The fourth-order valence-corrected chi connectivity index (χ4v) is 4.01. The molecule has 1 N–H and O–H groups in total. The summed E-state index contributed by atoms with van der Waals surface area (Å²) in [5, 5.41) is 10.3. The lowest BCUT2D eigenvalue weighted by Gasteiger charge is -2.44. The molecule has 1 aromatic carbocycles. The second kappa shape index (κ2) is 6.14. The summed E-state index contributed by atoms with van der Waals surface area (Å²) >= 11 is 0. The van der Waals surface area contributed by atoms with Crippen LogP contribution in [-0.4, -0.2) is 22.8 Å². The van der Waals surface area contributed by atoms with Gasteiger partial charge in [0.05, 0.1) is 6.10 Å². The second-order valence-corrected chi connectivity index (χ2v) is 7.57. The van der Waals surface area contributed by atoms with Gasteiger partial charge in [-0.2, -0.15) is 0 Å². The zero-order valence-corrected chi connectivity index (χ0v) is 14.3. The van der Waals surface area contributed by atoms with Gasteiger partial charge < -0.3 is 5.11 Å². The number of carbonyl (C=O) groups is 2. The number of rotatable bonds is 3. The molecule has 0 bridgehead atoms. The molecule has 0 aliphatic heterocycles. The van der Waals surface area contributed by atoms with E-state index in [0.29, 0.717) is 11.1 Å². The zero-order valence-electron chi connectivity index (χ0n) is 14.3. The monoisotopic (exact) mass is 324 g/mol. The molecule has 0 aromatic heterocycles. The third-order valence-corrected chi connectivity index (χ3v) is 5.71. The topological polar surface area (TPSA) is 54.4 Å². The second-order valence-electron chi connectivity index (χ2n) is 7.57. The van der Waals surface area contributed by atoms with Crippen LogP contribution in [0, 0.1) is 11.3 Å². The third-order valence-electron chi connectivity index (χ3n) is 5.71. The quantitative estimate of drug-likeness (QED) is 0.858. The maximum Gasteiger partial charge on any atom is 0.186 e. The molecule has 126 valence electrons.